The molecule has 2 unspecified atom stereocenters. The van der Waals surface area contributed by atoms with Crippen molar-refractivity contribution in [2.24, 2.45) is 0 Å². The van der Waals surface area contributed by atoms with Gasteiger partial charge in [0.2, 0.25) is 0 Å². The molecule has 2 atom stereocenters. The fraction of sp³-hybridized carbons (Fsp3) is 0.600. The highest BCUT2D eigenvalue weighted by molar-refractivity contribution is 9.10. The molecule has 1 aromatic carbocycles. The Hall–Kier alpha value is -0.420. The lowest BCUT2D eigenvalue weighted by molar-refractivity contribution is -0.0192. The van der Waals surface area contributed by atoms with E-state index in [1.165, 1.54) is 28.4 Å². The number of halogens is 1. The first-order chi connectivity index (χ1) is 9.22. The van der Waals surface area contributed by atoms with Crippen LogP contribution in [0.3, 0.4) is 0 Å². The van der Waals surface area contributed by atoms with E-state index < -0.39 is 0 Å². The molecule has 0 radical (unpaired) electrons. The maximum Gasteiger partial charge on any atom is 0.0826 e. The number of likely N-dealkylation sites (N-methyl/N-ethyl adjacent to an activating group) is 1. The molecule has 0 spiro atoms. The van der Waals surface area contributed by atoms with Gasteiger partial charge in [-0.15, -0.1) is 0 Å². The van der Waals surface area contributed by atoms with Crippen molar-refractivity contribution in [2.45, 2.75) is 25.0 Å². The zero-order valence-corrected chi connectivity index (χ0v) is 12.9. The van der Waals surface area contributed by atoms with Crippen LogP contribution in [0.5, 0.6) is 0 Å². The number of ether oxygens (including phenoxy) is 1. The first-order valence-corrected chi connectivity index (χ1v) is 7.83. The monoisotopic (exact) mass is 324 g/mol. The molecular weight excluding hydrogens is 304 g/mol. The standard InChI is InChI=1S/C15H21BrN2O/c1-18-6-7-19-13(10-18)9-17-15-5-2-11-8-12(16)3-4-14(11)15/h3-4,8,13,15,17H,2,5-7,9-10H2,1H3. The van der Waals surface area contributed by atoms with Crippen LogP contribution < -0.4 is 5.32 Å². The number of aryl methyl sites for hydroxylation is 1. The number of hydrogen-bond acceptors (Lipinski definition) is 3. The zero-order valence-electron chi connectivity index (χ0n) is 11.4. The smallest absolute Gasteiger partial charge is 0.0826 e. The van der Waals surface area contributed by atoms with Gasteiger partial charge in [-0.3, -0.25) is 0 Å². The lowest BCUT2D eigenvalue weighted by Crippen LogP contribution is -2.45. The van der Waals surface area contributed by atoms with Gasteiger partial charge < -0.3 is 15.0 Å². The lowest BCUT2D eigenvalue weighted by atomic mass is 10.1. The first-order valence-electron chi connectivity index (χ1n) is 7.04. The van der Waals surface area contributed by atoms with Crippen molar-refractivity contribution in [3.05, 3.63) is 33.8 Å². The summed E-state index contributed by atoms with van der Waals surface area (Å²) in [6.45, 7) is 3.89. The molecule has 3 nitrogen and oxygen atoms in total. The van der Waals surface area contributed by atoms with Gasteiger partial charge in [0.15, 0.2) is 0 Å². The summed E-state index contributed by atoms with van der Waals surface area (Å²) in [6.07, 6.45) is 2.71. The van der Waals surface area contributed by atoms with Gasteiger partial charge in [0, 0.05) is 30.1 Å². The maximum absolute atomic E-state index is 5.80. The summed E-state index contributed by atoms with van der Waals surface area (Å²) in [5.41, 5.74) is 2.95. The van der Waals surface area contributed by atoms with E-state index in [0.29, 0.717) is 12.1 Å². The summed E-state index contributed by atoms with van der Waals surface area (Å²) >= 11 is 3.55. The second-order valence-electron chi connectivity index (χ2n) is 5.60. The van der Waals surface area contributed by atoms with Gasteiger partial charge in [0.05, 0.1) is 12.7 Å². The summed E-state index contributed by atoms with van der Waals surface area (Å²) in [7, 11) is 2.16. The minimum Gasteiger partial charge on any atom is -0.374 e. The molecule has 0 bridgehead atoms. The molecule has 0 saturated carbocycles. The molecule has 1 N–H and O–H groups in total. The molecule has 1 aliphatic heterocycles. The number of nitrogens with zero attached hydrogens (tertiary/aromatic N) is 1. The molecule has 3 rings (SSSR count). The van der Waals surface area contributed by atoms with Gasteiger partial charge in [-0.25, -0.2) is 0 Å². The van der Waals surface area contributed by atoms with Gasteiger partial charge in [0.1, 0.15) is 0 Å². The Bertz CT molecular complexity index is 452. The molecule has 1 fully saturated rings. The number of morpholine rings is 1. The number of fused-ring (bicyclic) bond motifs is 1. The topological polar surface area (TPSA) is 24.5 Å². The Labute approximate surface area is 123 Å². The van der Waals surface area contributed by atoms with Crippen LogP contribution in [0.25, 0.3) is 0 Å². The summed E-state index contributed by atoms with van der Waals surface area (Å²) in [6, 6.07) is 7.14. The van der Waals surface area contributed by atoms with Crippen LogP contribution in [0.2, 0.25) is 0 Å². The van der Waals surface area contributed by atoms with E-state index in [0.717, 1.165) is 26.2 Å². The Kier molecular flexibility index (Phi) is 4.22. The highest BCUT2D eigenvalue weighted by atomic mass is 79.9. The average Bonchev–Trinajstić information content (AvgIpc) is 2.78. The van der Waals surface area contributed by atoms with Gasteiger partial charge in [-0.1, -0.05) is 22.0 Å². The van der Waals surface area contributed by atoms with Crippen LogP contribution in [0.4, 0.5) is 0 Å². The number of hydrogen-bond donors (Lipinski definition) is 1. The maximum atomic E-state index is 5.80. The highest BCUT2D eigenvalue weighted by Gasteiger charge is 2.24. The van der Waals surface area contributed by atoms with Crippen molar-refractivity contribution in [3.8, 4) is 0 Å². The Morgan fingerprint density at radius 3 is 3.21 bits per heavy atom. The molecule has 4 heteroatoms. The van der Waals surface area contributed by atoms with Gasteiger partial charge in [-0.05, 0) is 43.1 Å². The second kappa shape index (κ2) is 5.92. The summed E-state index contributed by atoms with van der Waals surface area (Å²) < 4.78 is 6.99. The quantitative estimate of drug-likeness (QED) is 0.923. The predicted molar refractivity (Wildman–Crippen MR) is 80.4 cm³/mol. The summed E-state index contributed by atoms with van der Waals surface area (Å²) in [5.74, 6) is 0. The largest absolute Gasteiger partial charge is 0.374 e. The lowest BCUT2D eigenvalue weighted by Gasteiger charge is -2.31. The first kappa shape index (κ1) is 13.6. The van der Waals surface area contributed by atoms with Crippen molar-refractivity contribution in [2.75, 3.05) is 33.3 Å². The molecule has 19 heavy (non-hydrogen) atoms. The molecule has 1 aliphatic carbocycles. The Morgan fingerprint density at radius 1 is 1.47 bits per heavy atom. The third kappa shape index (κ3) is 3.19. The van der Waals surface area contributed by atoms with Crippen LogP contribution in [0, 0.1) is 0 Å². The third-order valence-electron chi connectivity index (χ3n) is 4.12. The summed E-state index contributed by atoms with van der Waals surface area (Å²) in [5, 5.41) is 3.68. The van der Waals surface area contributed by atoms with E-state index in [2.05, 4.69) is 51.4 Å². The van der Waals surface area contributed by atoms with Crippen LogP contribution in [-0.4, -0.2) is 44.3 Å². The molecule has 0 aromatic heterocycles. The van der Waals surface area contributed by atoms with E-state index in [9.17, 15) is 0 Å². The minimum absolute atomic E-state index is 0.332. The zero-order chi connectivity index (χ0) is 13.2. The van der Waals surface area contributed by atoms with Crippen molar-refractivity contribution in [1.82, 2.24) is 10.2 Å². The normalized spacial score (nSPS) is 27.5. The molecule has 2 aliphatic rings. The van der Waals surface area contributed by atoms with Crippen LogP contribution in [0.1, 0.15) is 23.6 Å². The fourth-order valence-corrected chi connectivity index (χ4v) is 3.47. The third-order valence-corrected chi connectivity index (χ3v) is 4.61. The van der Waals surface area contributed by atoms with Crippen LogP contribution in [-0.2, 0) is 11.2 Å². The van der Waals surface area contributed by atoms with E-state index in [1.54, 1.807) is 0 Å². The Balaban J connectivity index is 1.57. The van der Waals surface area contributed by atoms with Crippen molar-refractivity contribution in [3.63, 3.8) is 0 Å². The van der Waals surface area contributed by atoms with Gasteiger partial charge in [0.25, 0.3) is 0 Å². The van der Waals surface area contributed by atoms with Crippen LogP contribution in [0.15, 0.2) is 22.7 Å². The van der Waals surface area contributed by atoms with Crippen LogP contribution >= 0.6 is 15.9 Å². The predicted octanol–water partition coefficient (Wildman–Crippen LogP) is 2.36. The molecule has 1 heterocycles. The summed E-state index contributed by atoms with van der Waals surface area (Å²) in [4.78, 5) is 2.34. The molecule has 1 saturated heterocycles. The Morgan fingerprint density at radius 2 is 2.37 bits per heavy atom. The van der Waals surface area contributed by atoms with Crippen molar-refractivity contribution < 1.29 is 4.74 Å². The SMILES string of the molecule is CN1CCOC(CNC2CCc3cc(Br)ccc32)C1. The second-order valence-corrected chi connectivity index (χ2v) is 6.51. The molecule has 104 valence electrons. The number of benzene rings is 1. The average molecular weight is 325 g/mol. The molecular formula is C15H21BrN2O. The van der Waals surface area contributed by atoms with E-state index in [4.69, 9.17) is 4.74 Å². The van der Waals surface area contributed by atoms with E-state index in [-0.39, 0.29) is 0 Å². The molecule has 0 amide bonds. The highest BCUT2D eigenvalue weighted by Crippen LogP contribution is 2.32. The van der Waals surface area contributed by atoms with E-state index >= 15 is 0 Å². The van der Waals surface area contributed by atoms with Gasteiger partial charge in [-0.2, -0.15) is 0 Å². The van der Waals surface area contributed by atoms with Gasteiger partial charge >= 0.3 is 0 Å². The van der Waals surface area contributed by atoms with Crippen molar-refractivity contribution >= 4 is 15.9 Å². The van der Waals surface area contributed by atoms with E-state index in [1.807, 2.05) is 0 Å². The fourth-order valence-electron chi connectivity index (χ4n) is 3.06. The molecule has 1 aromatic rings. The van der Waals surface area contributed by atoms with Crippen molar-refractivity contribution in [1.29, 1.82) is 0 Å². The number of nitrogens with one attached hydrogen (secondary N) is 1. The number of rotatable bonds is 3. The minimum atomic E-state index is 0.332.